The van der Waals surface area contributed by atoms with Gasteiger partial charge in [-0.2, -0.15) is 0 Å². The Balaban J connectivity index is 2.08. The number of hydrogen-bond acceptors (Lipinski definition) is 2. The number of rotatable bonds is 2. The molecule has 0 aromatic carbocycles. The predicted octanol–water partition coefficient (Wildman–Crippen LogP) is 3.25. The van der Waals surface area contributed by atoms with E-state index in [0.717, 1.165) is 10.0 Å². The lowest BCUT2D eigenvalue weighted by atomic mass is 10.3. The highest BCUT2D eigenvalue weighted by Gasteiger charge is 2.22. The molecule has 0 amide bonds. The maximum absolute atomic E-state index is 5.95. The second kappa shape index (κ2) is 4.85. The number of halogens is 2. The van der Waals surface area contributed by atoms with E-state index in [0.29, 0.717) is 22.0 Å². The van der Waals surface area contributed by atoms with Crippen LogP contribution in [0.2, 0.25) is 5.02 Å². The molecule has 1 aliphatic carbocycles. The van der Waals surface area contributed by atoms with Crippen molar-refractivity contribution in [2.24, 2.45) is 0 Å². The van der Waals surface area contributed by atoms with Crippen molar-refractivity contribution < 1.29 is 0 Å². The van der Waals surface area contributed by atoms with Crippen LogP contribution in [0.3, 0.4) is 0 Å². The topological polar surface area (TPSA) is 37.0 Å². The van der Waals surface area contributed by atoms with E-state index in [1.54, 1.807) is 6.20 Å². The zero-order valence-corrected chi connectivity index (χ0v) is 11.8. The minimum absolute atomic E-state index is 0.534. The fourth-order valence-electron chi connectivity index (χ4n) is 1.20. The molecule has 16 heavy (non-hydrogen) atoms. The fourth-order valence-corrected chi connectivity index (χ4v) is 2.14. The van der Waals surface area contributed by atoms with Gasteiger partial charge in [-0.3, -0.25) is 0 Å². The number of nitrogens with one attached hydrogen (secondary N) is 2. The second-order valence-corrected chi connectivity index (χ2v) is 5.37. The molecule has 0 aliphatic heterocycles. The van der Waals surface area contributed by atoms with Crippen LogP contribution in [0, 0.1) is 6.92 Å². The van der Waals surface area contributed by atoms with E-state index < -0.39 is 0 Å². The summed E-state index contributed by atoms with van der Waals surface area (Å²) in [6.07, 6.45) is 4.00. The third kappa shape index (κ3) is 2.84. The molecule has 3 nitrogen and oxygen atoms in total. The van der Waals surface area contributed by atoms with Gasteiger partial charge in [-0.25, -0.2) is 4.98 Å². The number of pyridine rings is 1. The van der Waals surface area contributed by atoms with E-state index >= 15 is 0 Å². The average Bonchev–Trinajstić information content (AvgIpc) is 3.03. The highest BCUT2D eigenvalue weighted by molar-refractivity contribution is 9.10. The van der Waals surface area contributed by atoms with Crippen molar-refractivity contribution in [1.29, 1.82) is 0 Å². The van der Waals surface area contributed by atoms with Gasteiger partial charge in [-0.05, 0) is 53.5 Å². The van der Waals surface area contributed by atoms with Gasteiger partial charge in [-0.15, -0.1) is 0 Å². The molecule has 1 saturated carbocycles. The van der Waals surface area contributed by atoms with Crippen LogP contribution < -0.4 is 10.6 Å². The van der Waals surface area contributed by atoms with Crippen molar-refractivity contribution in [3.63, 3.8) is 0 Å². The summed E-state index contributed by atoms with van der Waals surface area (Å²) in [5.41, 5.74) is 0.952. The molecule has 1 heterocycles. The third-order valence-electron chi connectivity index (χ3n) is 2.35. The molecule has 6 heteroatoms. The maximum atomic E-state index is 5.95. The van der Waals surface area contributed by atoms with Crippen molar-refractivity contribution in [2.45, 2.75) is 25.8 Å². The highest BCUT2D eigenvalue weighted by atomic mass is 79.9. The van der Waals surface area contributed by atoms with E-state index in [1.807, 2.05) is 6.92 Å². The van der Waals surface area contributed by atoms with Gasteiger partial charge < -0.3 is 10.6 Å². The Hall–Kier alpha value is -0.390. The first-order chi connectivity index (χ1) is 7.58. The predicted molar refractivity (Wildman–Crippen MR) is 74.1 cm³/mol. The summed E-state index contributed by atoms with van der Waals surface area (Å²) in [7, 11) is 0. The van der Waals surface area contributed by atoms with E-state index in [9.17, 15) is 0 Å². The molecule has 2 N–H and O–H groups in total. The summed E-state index contributed by atoms with van der Waals surface area (Å²) in [5, 5.41) is 7.49. The number of nitrogens with zero attached hydrogens (tertiary/aromatic N) is 1. The number of aromatic nitrogens is 1. The molecular weight excluding hydrogens is 310 g/mol. The lowest BCUT2D eigenvalue weighted by Crippen LogP contribution is -2.30. The lowest BCUT2D eigenvalue weighted by Gasteiger charge is -2.12. The lowest BCUT2D eigenvalue weighted by molar-refractivity contribution is 0.918. The van der Waals surface area contributed by atoms with Gasteiger partial charge in [0.2, 0.25) is 0 Å². The SMILES string of the molecule is Cc1c(Cl)cnc(NC(=S)NC2CC2)c1Br. The minimum atomic E-state index is 0.534. The van der Waals surface area contributed by atoms with E-state index in [1.165, 1.54) is 12.8 Å². The molecule has 1 fully saturated rings. The Labute approximate surface area is 113 Å². The van der Waals surface area contributed by atoms with Gasteiger partial charge in [0.1, 0.15) is 5.82 Å². The molecule has 1 aromatic rings. The number of anilines is 1. The van der Waals surface area contributed by atoms with E-state index in [4.69, 9.17) is 23.8 Å². The van der Waals surface area contributed by atoms with Crippen LogP contribution in [0.15, 0.2) is 10.7 Å². The van der Waals surface area contributed by atoms with E-state index in [2.05, 4.69) is 31.5 Å². The van der Waals surface area contributed by atoms with Gasteiger partial charge in [0.15, 0.2) is 5.11 Å². The number of hydrogen-bond donors (Lipinski definition) is 2. The Bertz CT molecular complexity index is 434. The van der Waals surface area contributed by atoms with Crippen molar-refractivity contribution >= 4 is 50.7 Å². The quantitative estimate of drug-likeness (QED) is 0.820. The summed E-state index contributed by atoms with van der Waals surface area (Å²) in [6.45, 7) is 1.93. The van der Waals surface area contributed by atoms with Crippen molar-refractivity contribution in [2.75, 3.05) is 5.32 Å². The molecular formula is C10H11BrClN3S. The van der Waals surface area contributed by atoms with Crippen LogP contribution in [0.4, 0.5) is 5.82 Å². The van der Waals surface area contributed by atoms with E-state index in [-0.39, 0.29) is 0 Å². The first kappa shape index (κ1) is 12.1. The van der Waals surface area contributed by atoms with Crippen LogP contribution in [-0.4, -0.2) is 16.1 Å². The first-order valence-corrected chi connectivity index (χ1v) is 6.54. The molecule has 0 spiro atoms. The van der Waals surface area contributed by atoms with Crippen LogP contribution >= 0.6 is 39.7 Å². The Morgan fingerprint density at radius 1 is 1.62 bits per heavy atom. The smallest absolute Gasteiger partial charge is 0.172 e. The summed E-state index contributed by atoms with van der Waals surface area (Å²) < 4.78 is 0.847. The van der Waals surface area contributed by atoms with Crippen LogP contribution in [0.25, 0.3) is 0 Å². The minimum Gasteiger partial charge on any atom is -0.360 e. The average molecular weight is 321 g/mol. The summed E-state index contributed by atoms with van der Waals surface area (Å²) >= 11 is 14.6. The fraction of sp³-hybridized carbons (Fsp3) is 0.400. The van der Waals surface area contributed by atoms with Gasteiger partial charge in [0.25, 0.3) is 0 Å². The van der Waals surface area contributed by atoms with Gasteiger partial charge in [0.05, 0.1) is 9.50 Å². The van der Waals surface area contributed by atoms with Crippen LogP contribution in [0.5, 0.6) is 0 Å². The largest absolute Gasteiger partial charge is 0.360 e. The zero-order valence-electron chi connectivity index (χ0n) is 8.68. The summed E-state index contributed by atoms with van der Waals surface area (Å²) in [5.74, 6) is 0.694. The van der Waals surface area contributed by atoms with Crippen molar-refractivity contribution in [3.8, 4) is 0 Å². The van der Waals surface area contributed by atoms with Gasteiger partial charge >= 0.3 is 0 Å². The molecule has 2 rings (SSSR count). The van der Waals surface area contributed by atoms with Crippen molar-refractivity contribution in [1.82, 2.24) is 10.3 Å². The van der Waals surface area contributed by atoms with Crippen LogP contribution in [-0.2, 0) is 0 Å². The molecule has 0 unspecified atom stereocenters. The molecule has 0 saturated heterocycles. The van der Waals surface area contributed by atoms with Crippen LogP contribution in [0.1, 0.15) is 18.4 Å². The highest BCUT2D eigenvalue weighted by Crippen LogP contribution is 2.29. The van der Waals surface area contributed by atoms with Gasteiger partial charge in [0, 0.05) is 12.2 Å². The molecule has 86 valence electrons. The zero-order chi connectivity index (χ0) is 11.7. The molecule has 0 atom stereocenters. The first-order valence-electron chi connectivity index (χ1n) is 4.96. The Kier molecular flexibility index (Phi) is 3.66. The van der Waals surface area contributed by atoms with Crippen molar-refractivity contribution in [3.05, 3.63) is 21.3 Å². The molecule has 1 aliphatic rings. The summed E-state index contributed by atoms with van der Waals surface area (Å²) in [4.78, 5) is 4.19. The Morgan fingerprint density at radius 3 is 2.94 bits per heavy atom. The molecule has 1 aromatic heterocycles. The number of thiocarbonyl (C=S) groups is 1. The molecule has 0 radical (unpaired) electrons. The molecule has 0 bridgehead atoms. The monoisotopic (exact) mass is 319 g/mol. The summed E-state index contributed by atoms with van der Waals surface area (Å²) in [6, 6.07) is 0.534. The maximum Gasteiger partial charge on any atom is 0.172 e. The third-order valence-corrected chi connectivity index (χ3v) is 3.92. The van der Waals surface area contributed by atoms with Gasteiger partial charge in [-0.1, -0.05) is 11.6 Å². The standard InChI is InChI=1S/C10H11BrClN3S/c1-5-7(12)4-13-9(8(5)11)15-10(16)14-6-2-3-6/h4,6H,2-3H2,1H3,(H2,13,14,15,16). The Morgan fingerprint density at radius 2 is 2.31 bits per heavy atom. The second-order valence-electron chi connectivity index (χ2n) is 3.77. The normalized spacial score (nSPS) is 14.7.